The fraction of sp³-hybridized carbons (Fsp3) is 0.133. The van der Waals surface area contributed by atoms with Crippen molar-refractivity contribution in [1.29, 1.82) is 0 Å². The maximum absolute atomic E-state index is 11.7. The van der Waals surface area contributed by atoms with Crippen LogP contribution in [0.2, 0.25) is 0 Å². The Hall–Kier alpha value is -3.09. The number of carbonyl (C=O) groups excluding carboxylic acids is 1. The second-order valence-corrected chi connectivity index (χ2v) is 4.42. The first-order chi connectivity index (χ1) is 10.6. The number of carbonyl (C=O) groups is 1. The van der Waals surface area contributed by atoms with Crippen LogP contribution in [0.5, 0.6) is 11.5 Å². The van der Waals surface area contributed by atoms with Crippen molar-refractivity contribution < 1.29 is 14.6 Å². The van der Waals surface area contributed by atoms with Crippen molar-refractivity contribution in [2.45, 2.75) is 6.92 Å². The molecule has 7 nitrogen and oxygen atoms in total. The molecule has 1 aromatic heterocycles. The van der Waals surface area contributed by atoms with Gasteiger partial charge in [-0.1, -0.05) is 6.07 Å². The van der Waals surface area contributed by atoms with Crippen molar-refractivity contribution in [2.24, 2.45) is 5.10 Å². The van der Waals surface area contributed by atoms with Gasteiger partial charge in [0.15, 0.2) is 11.5 Å². The molecule has 7 heteroatoms. The van der Waals surface area contributed by atoms with Gasteiger partial charge >= 0.3 is 6.03 Å². The molecule has 0 unspecified atom stereocenters. The number of ether oxygens (including phenoxy) is 1. The summed E-state index contributed by atoms with van der Waals surface area (Å²) in [5.41, 5.74) is 3.86. The zero-order valence-electron chi connectivity index (χ0n) is 12.2. The molecule has 2 rings (SSSR count). The number of rotatable bonds is 4. The van der Waals surface area contributed by atoms with Crippen molar-refractivity contribution in [3.05, 3.63) is 47.7 Å². The highest BCUT2D eigenvalue weighted by atomic mass is 16.5. The molecule has 0 fully saturated rings. The summed E-state index contributed by atoms with van der Waals surface area (Å²) in [6.07, 6.45) is 3.03. The van der Waals surface area contributed by atoms with Crippen LogP contribution in [0.1, 0.15) is 11.1 Å². The molecule has 0 saturated heterocycles. The number of amides is 2. The lowest BCUT2D eigenvalue weighted by Gasteiger charge is -2.06. The molecule has 1 aromatic carbocycles. The number of hydrogen-bond acceptors (Lipinski definition) is 5. The monoisotopic (exact) mass is 300 g/mol. The number of methoxy groups -OCH3 is 1. The number of aromatic nitrogens is 1. The van der Waals surface area contributed by atoms with E-state index >= 15 is 0 Å². The fourth-order valence-corrected chi connectivity index (χ4v) is 1.69. The lowest BCUT2D eigenvalue weighted by atomic mass is 10.2. The molecule has 0 aliphatic carbocycles. The van der Waals surface area contributed by atoms with Crippen LogP contribution in [0.4, 0.5) is 10.6 Å². The number of phenolic OH excluding ortho intramolecular Hbond substituents is 1. The van der Waals surface area contributed by atoms with E-state index < -0.39 is 6.03 Å². The number of nitrogens with zero attached hydrogens (tertiary/aromatic N) is 2. The van der Waals surface area contributed by atoms with E-state index in [2.05, 4.69) is 20.8 Å². The Morgan fingerprint density at radius 2 is 2.23 bits per heavy atom. The summed E-state index contributed by atoms with van der Waals surface area (Å²) in [6.45, 7) is 1.84. The zero-order chi connectivity index (χ0) is 15.9. The number of hydrazone groups is 1. The molecule has 0 aliphatic rings. The third-order valence-corrected chi connectivity index (χ3v) is 2.82. The van der Waals surface area contributed by atoms with Gasteiger partial charge in [-0.3, -0.25) is 5.32 Å². The highest BCUT2D eigenvalue weighted by Gasteiger charge is 2.04. The van der Waals surface area contributed by atoms with Crippen LogP contribution in [0, 0.1) is 6.92 Å². The maximum atomic E-state index is 11.7. The minimum atomic E-state index is -0.496. The van der Waals surface area contributed by atoms with Crippen LogP contribution in [0.15, 0.2) is 41.6 Å². The van der Waals surface area contributed by atoms with E-state index in [4.69, 9.17) is 4.74 Å². The Kier molecular flexibility index (Phi) is 4.92. The largest absolute Gasteiger partial charge is 0.504 e. The van der Waals surface area contributed by atoms with Crippen LogP contribution in [0.3, 0.4) is 0 Å². The molecule has 2 aromatic rings. The van der Waals surface area contributed by atoms with E-state index in [1.165, 1.54) is 19.4 Å². The molecule has 0 spiro atoms. The number of hydrogen-bond donors (Lipinski definition) is 3. The second-order valence-electron chi connectivity index (χ2n) is 4.42. The van der Waals surface area contributed by atoms with E-state index in [0.29, 0.717) is 17.1 Å². The van der Waals surface area contributed by atoms with E-state index in [0.717, 1.165) is 5.56 Å². The standard InChI is InChI=1S/C15H16N4O3/c1-10-4-3-7-16-14(10)18-15(21)19-17-9-11-5-6-12(20)13(8-11)22-2/h3-9,20H,1-2H3,(H2,16,18,19,21)/b17-9+. The summed E-state index contributed by atoms with van der Waals surface area (Å²) in [4.78, 5) is 15.7. The highest BCUT2D eigenvalue weighted by Crippen LogP contribution is 2.25. The molecule has 1 heterocycles. The summed E-state index contributed by atoms with van der Waals surface area (Å²) in [5.74, 6) is 0.843. The number of nitrogens with one attached hydrogen (secondary N) is 2. The van der Waals surface area contributed by atoms with Gasteiger partial charge in [-0.15, -0.1) is 0 Å². The number of aryl methyl sites for hydroxylation is 1. The smallest absolute Gasteiger partial charge is 0.340 e. The number of anilines is 1. The van der Waals surface area contributed by atoms with Gasteiger partial charge in [0, 0.05) is 6.20 Å². The Labute approximate surface area is 127 Å². The Morgan fingerprint density at radius 1 is 1.41 bits per heavy atom. The second kappa shape index (κ2) is 7.07. The Bertz CT molecular complexity index is 701. The van der Waals surface area contributed by atoms with Gasteiger partial charge in [0.1, 0.15) is 5.82 Å². The Balaban J connectivity index is 1.95. The van der Waals surface area contributed by atoms with Gasteiger partial charge in [-0.25, -0.2) is 15.2 Å². The van der Waals surface area contributed by atoms with Gasteiger partial charge in [-0.2, -0.15) is 5.10 Å². The molecular formula is C15H16N4O3. The number of phenols is 1. The first kappa shape index (κ1) is 15.3. The van der Waals surface area contributed by atoms with Crippen LogP contribution in [-0.2, 0) is 0 Å². The summed E-state index contributed by atoms with van der Waals surface area (Å²) >= 11 is 0. The molecule has 22 heavy (non-hydrogen) atoms. The predicted molar refractivity (Wildman–Crippen MR) is 83.4 cm³/mol. The SMILES string of the molecule is COc1cc(/C=N/NC(=O)Nc2ncccc2C)ccc1O. The number of pyridine rings is 1. The van der Waals surface area contributed by atoms with Crippen molar-refractivity contribution in [2.75, 3.05) is 12.4 Å². The fourth-order valence-electron chi connectivity index (χ4n) is 1.69. The van der Waals surface area contributed by atoms with E-state index in [1.807, 2.05) is 13.0 Å². The number of benzene rings is 1. The summed E-state index contributed by atoms with van der Waals surface area (Å²) in [7, 11) is 1.46. The summed E-state index contributed by atoms with van der Waals surface area (Å²) in [6, 6.07) is 7.86. The van der Waals surface area contributed by atoms with Crippen LogP contribution in [0.25, 0.3) is 0 Å². The van der Waals surface area contributed by atoms with Crippen molar-refractivity contribution >= 4 is 18.1 Å². The lowest BCUT2D eigenvalue weighted by Crippen LogP contribution is -2.25. The highest BCUT2D eigenvalue weighted by molar-refractivity contribution is 5.90. The van der Waals surface area contributed by atoms with Gasteiger partial charge in [0.25, 0.3) is 0 Å². The average Bonchev–Trinajstić information content (AvgIpc) is 2.51. The van der Waals surface area contributed by atoms with Crippen molar-refractivity contribution in [1.82, 2.24) is 10.4 Å². The van der Waals surface area contributed by atoms with Gasteiger partial charge in [-0.05, 0) is 42.3 Å². The Morgan fingerprint density at radius 3 is 2.95 bits per heavy atom. The molecule has 2 amide bonds. The van der Waals surface area contributed by atoms with Crippen molar-refractivity contribution in [3.8, 4) is 11.5 Å². The molecule has 0 radical (unpaired) electrons. The van der Waals surface area contributed by atoms with Gasteiger partial charge in [0.2, 0.25) is 0 Å². The third-order valence-electron chi connectivity index (χ3n) is 2.82. The quantitative estimate of drug-likeness (QED) is 0.596. The minimum Gasteiger partial charge on any atom is -0.504 e. The topological polar surface area (TPSA) is 95.8 Å². The third kappa shape index (κ3) is 3.95. The first-order valence-electron chi connectivity index (χ1n) is 6.49. The zero-order valence-corrected chi connectivity index (χ0v) is 12.2. The molecule has 3 N–H and O–H groups in total. The number of urea groups is 1. The lowest BCUT2D eigenvalue weighted by molar-refractivity contribution is 0.252. The molecule has 0 atom stereocenters. The van der Waals surface area contributed by atoms with Crippen molar-refractivity contribution in [3.63, 3.8) is 0 Å². The van der Waals surface area contributed by atoms with Crippen LogP contribution < -0.4 is 15.5 Å². The molecule has 114 valence electrons. The van der Waals surface area contributed by atoms with E-state index in [-0.39, 0.29) is 5.75 Å². The minimum absolute atomic E-state index is 0.0379. The molecule has 0 bridgehead atoms. The first-order valence-corrected chi connectivity index (χ1v) is 6.49. The normalized spacial score (nSPS) is 10.5. The number of aromatic hydroxyl groups is 1. The maximum Gasteiger partial charge on any atom is 0.340 e. The molecule has 0 aliphatic heterocycles. The van der Waals surface area contributed by atoms with Gasteiger partial charge < -0.3 is 9.84 Å². The molecular weight excluding hydrogens is 284 g/mol. The molecule has 0 saturated carbocycles. The van der Waals surface area contributed by atoms with Gasteiger partial charge in [0.05, 0.1) is 13.3 Å². The summed E-state index contributed by atoms with van der Waals surface area (Å²) < 4.78 is 4.99. The van der Waals surface area contributed by atoms with E-state index in [9.17, 15) is 9.90 Å². The summed E-state index contributed by atoms with van der Waals surface area (Å²) in [5, 5.41) is 15.9. The van der Waals surface area contributed by atoms with Crippen LogP contribution >= 0.6 is 0 Å². The predicted octanol–water partition coefficient (Wildman–Crippen LogP) is 2.26. The average molecular weight is 300 g/mol. The van der Waals surface area contributed by atoms with Crippen LogP contribution in [-0.4, -0.2) is 29.4 Å². The van der Waals surface area contributed by atoms with E-state index in [1.54, 1.807) is 24.4 Å².